The zero-order valence-electron chi connectivity index (χ0n) is 11.1. The van der Waals surface area contributed by atoms with Crippen molar-refractivity contribution < 1.29 is 9.84 Å². The highest BCUT2D eigenvalue weighted by molar-refractivity contribution is 14.1. The Labute approximate surface area is 128 Å². The summed E-state index contributed by atoms with van der Waals surface area (Å²) in [6.45, 7) is 3.62. The number of hydrogen-bond donors (Lipinski definition) is 3. The van der Waals surface area contributed by atoms with Crippen LogP contribution < -0.4 is 11.3 Å². The topological polar surface area (TPSA) is 119 Å². The number of H-pyrrole nitrogens is 1. The second-order valence-corrected chi connectivity index (χ2v) is 5.36. The average molecular weight is 393 g/mol. The molecule has 0 aliphatic carbocycles. The van der Waals surface area contributed by atoms with Gasteiger partial charge in [0.05, 0.1) is 12.7 Å². The average Bonchev–Trinajstić information content (AvgIpc) is 2.73. The molecule has 0 aliphatic heterocycles. The first-order chi connectivity index (χ1) is 9.47. The van der Waals surface area contributed by atoms with Gasteiger partial charge in [0.2, 0.25) is 5.95 Å². The van der Waals surface area contributed by atoms with E-state index < -0.39 is 6.23 Å². The third kappa shape index (κ3) is 2.79. The van der Waals surface area contributed by atoms with Crippen molar-refractivity contribution in [3.05, 3.63) is 14.1 Å². The van der Waals surface area contributed by atoms with Crippen molar-refractivity contribution in [2.45, 2.75) is 32.6 Å². The number of hydrogen-bond acceptors (Lipinski definition) is 6. The Bertz CT molecular complexity index is 664. The Morgan fingerprint density at radius 1 is 1.60 bits per heavy atom. The summed E-state index contributed by atoms with van der Waals surface area (Å²) in [5.41, 5.74) is 5.61. The number of nitrogens with one attached hydrogen (secondary N) is 1. The number of fused-ring (bicyclic) bond motifs is 1. The number of halogens is 1. The second-order valence-electron chi connectivity index (χ2n) is 4.33. The number of anilines is 1. The Morgan fingerprint density at radius 2 is 2.30 bits per heavy atom. The SMILES string of the molecule is CC[C@@H](CO)OC(C)n1nc(I)c2c(=O)[nH]c(N)nc21. The third-order valence-corrected chi connectivity index (χ3v) is 3.69. The maximum atomic E-state index is 11.9. The van der Waals surface area contributed by atoms with Gasteiger partial charge in [0.15, 0.2) is 5.65 Å². The van der Waals surface area contributed by atoms with Gasteiger partial charge >= 0.3 is 0 Å². The Hall–Kier alpha value is -1.20. The van der Waals surface area contributed by atoms with E-state index >= 15 is 0 Å². The fourth-order valence-electron chi connectivity index (χ4n) is 1.88. The van der Waals surface area contributed by atoms with Crippen LogP contribution in [0.25, 0.3) is 11.0 Å². The van der Waals surface area contributed by atoms with Gasteiger partial charge in [-0.1, -0.05) is 6.92 Å². The van der Waals surface area contributed by atoms with Crippen LogP contribution >= 0.6 is 22.6 Å². The largest absolute Gasteiger partial charge is 0.394 e. The number of aromatic nitrogens is 4. The van der Waals surface area contributed by atoms with E-state index in [9.17, 15) is 9.90 Å². The van der Waals surface area contributed by atoms with Crippen molar-refractivity contribution in [2.24, 2.45) is 0 Å². The van der Waals surface area contributed by atoms with Crippen LogP contribution in [0.5, 0.6) is 0 Å². The number of aromatic amines is 1. The summed E-state index contributed by atoms with van der Waals surface area (Å²) in [6.07, 6.45) is -0.0825. The molecule has 0 spiro atoms. The molecular weight excluding hydrogens is 377 g/mol. The Balaban J connectivity index is 2.47. The number of aliphatic hydroxyl groups is 1. The molecule has 2 aromatic rings. The lowest BCUT2D eigenvalue weighted by Gasteiger charge is -2.20. The molecule has 1 unspecified atom stereocenters. The van der Waals surface area contributed by atoms with Crippen molar-refractivity contribution >= 4 is 39.6 Å². The van der Waals surface area contributed by atoms with E-state index in [2.05, 4.69) is 15.1 Å². The lowest BCUT2D eigenvalue weighted by atomic mass is 10.3. The molecule has 0 saturated heterocycles. The predicted molar refractivity (Wildman–Crippen MR) is 82.2 cm³/mol. The highest BCUT2D eigenvalue weighted by Crippen LogP contribution is 2.21. The molecule has 4 N–H and O–H groups in total. The zero-order chi connectivity index (χ0) is 14.9. The maximum Gasteiger partial charge on any atom is 0.264 e. The van der Waals surface area contributed by atoms with E-state index in [1.165, 1.54) is 4.68 Å². The van der Waals surface area contributed by atoms with Gasteiger partial charge in [0.1, 0.15) is 15.3 Å². The first-order valence-electron chi connectivity index (χ1n) is 6.17. The number of rotatable bonds is 5. The van der Waals surface area contributed by atoms with E-state index in [1.807, 2.05) is 29.5 Å². The van der Waals surface area contributed by atoms with Gasteiger partial charge in [-0.05, 0) is 35.9 Å². The maximum absolute atomic E-state index is 11.9. The van der Waals surface area contributed by atoms with Gasteiger partial charge in [0.25, 0.3) is 5.56 Å². The number of nitrogens with two attached hydrogens (primary N) is 1. The number of ether oxygens (including phenoxy) is 1. The van der Waals surface area contributed by atoms with Crippen molar-refractivity contribution in [1.82, 2.24) is 19.7 Å². The fourth-order valence-corrected chi connectivity index (χ4v) is 2.60. The molecule has 2 aromatic heterocycles. The molecule has 0 bridgehead atoms. The number of nitrogen functional groups attached to an aromatic ring is 1. The molecule has 2 rings (SSSR count). The molecule has 0 aliphatic rings. The minimum absolute atomic E-state index is 0.0291. The highest BCUT2D eigenvalue weighted by atomic mass is 127. The summed E-state index contributed by atoms with van der Waals surface area (Å²) in [6, 6.07) is 0. The van der Waals surface area contributed by atoms with Crippen molar-refractivity contribution in [3.8, 4) is 0 Å². The van der Waals surface area contributed by atoms with Gasteiger partial charge in [-0.3, -0.25) is 9.78 Å². The van der Waals surface area contributed by atoms with Gasteiger partial charge in [0, 0.05) is 0 Å². The van der Waals surface area contributed by atoms with Gasteiger partial charge in [-0.25, -0.2) is 4.68 Å². The Kier molecular flexibility index (Phi) is 4.60. The molecular formula is C11H16IN5O3. The fraction of sp³-hybridized carbons (Fsp3) is 0.545. The third-order valence-electron chi connectivity index (χ3n) is 2.93. The smallest absolute Gasteiger partial charge is 0.264 e. The predicted octanol–water partition coefficient (Wildman–Crippen LogP) is 0.612. The van der Waals surface area contributed by atoms with Crippen LogP contribution in [0, 0.1) is 3.70 Å². The van der Waals surface area contributed by atoms with Crippen molar-refractivity contribution in [3.63, 3.8) is 0 Å². The summed E-state index contributed by atoms with van der Waals surface area (Å²) < 4.78 is 7.72. The van der Waals surface area contributed by atoms with Crippen molar-refractivity contribution in [2.75, 3.05) is 12.3 Å². The van der Waals surface area contributed by atoms with Crippen LogP contribution in [-0.2, 0) is 4.74 Å². The summed E-state index contributed by atoms with van der Waals surface area (Å²) in [5, 5.41) is 13.8. The molecule has 20 heavy (non-hydrogen) atoms. The first kappa shape index (κ1) is 15.2. The van der Waals surface area contributed by atoms with Crippen LogP contribution in [0.4, 0.5) is 5.95 Å². The quantitative estimate of drug-likeness (QED) is 0.641. The highest BCUT2D eigenvalue weighted by Gasteiger charge is 2.20. The van der Waals surface area contributed by atoms with E-state index in [0.717, 1.165) is 0 Å². The lowest BCUT2D eigenvalue weighted by Crippen LogP contribution is -2.23. The minimum Gasteiger partial charge on any atom is -0.394 e. The molecule has 0 radical (unpaired) electrons. The van der Waals surface area contributed by atoms with E-state index in [0.29, 0.717) is 21.2 Å². The monoisotopic (exact) mass is 393 g/mol. The summed E-state index contributed by atoms with van der Waals surface area (Å²) in [7, 11) is 0. The molecule has 0 amide bonds. The lowest BCUT2D eigenvalue weighted by molar-refractivity contribution is -0.0698. The van der Waals surface area contributed by atoms with Crippen LogP contribution in [0.2, 0.25) is 0 Å². The van der Waals surface area contributed by atoms with E-state index in [4.69, 9.17) is 10.5 Å². The number of nitrogens with zero attached hydrogens (tertiary/aromatic N) is 3. The first-order valence-corrected chi connectivity index (χ1v) is 7.25. The van der Waals surface area contributed by atoms with Crippen LogP contribution in [-0.4, -0.2) is 37.6 Å². The van der Waals surface area contributed by atoms with E-state index in [-0.39, 0.29) is 24.2 Å². The molecule has 110 valence electrons. The normalized spacial score (nSPS) is 14.6. The molecule has 2 heterocycles. The van der Waals surface area contributed by atoms with Crippen LogP contribution in [0.1, 0.15) is 26.5 Å². The molecule has 2 atom stereocenters. The molecule has 0 aromatic carbocycles. The van der Waals surface area contributed by atoms with Crippen LogP contribution in [0.3, 0.4) is 0 Å². The molecule has 9 heteroatoms. The van der Waals surface area contributed by atoms with Crippen LogP contribution in [0.15, 0.2) is 4.79 Å². The van der Waals surface area contributed by atoms with Gasteiger partial charge < -0.3 is 15.6 Å². The summed E-state index contributed by atoms with van der Waals surface area (Å²) >= 11 is 1.96. The Morgan fingerprint density at radius 3 is 2.90 bits per heavy atom. The minimum atomic E-state index is -0.466. The molecule has 8 nitrogen and oxygen atoms in total. The second kappa shape index (κ2) is 6.06. The standard InChI is InChI=1S/C11H16IN5O3/c1-3-6(4-18)20-5(2)17-9-7(8(12)16-17)10(19)15-11(13)14-9/h5-6,18H,3-4H2,1-2H3,(H3,13,14,15,19)/t5?,6-/m0/s1. The zero-order valence-corrected chi connectivity index (χ0v) is 13.3. The number of aliphatic hydroxyl groups excluding tert-OH is 1. The van der Waals surface area contributed by atoms with Crippen molar-refractivity contribution in [1.29, 1.82) is 0 Å². The summed E-state index contributed by atoms with van der Waals surface area (Å²) in [5.74, 6) is 0.0291. The van der Waals surface area contributed by atoms with E-state index in [1.54, 1.807) is 6.92 Å². The molecule has 0 fully saturated rings. The summed E-state index contributed by atoms with van der Waals surface area (Å²) in [4.78, 5) is 18.4. The van der Waals surface area contributed by atoms with Gasteiger partial charge in [-0.15, -0.1) is 0 Å². The van der Waals surface area contributed by atoms with Gasteiger partial charge in [-0.2, -0.15) is 10.1 Å². The molecule has 0 saturated carbocycles.